The highest BCUT2D eigenvalue weighted by Gasteiger charge is 1.89. The fourth-order valence-electron chi connectivity index (χ4n) is 1.13. The molecule has 0 saturated heterocycles. The van der Waals surface area contributed by atoms with Gasteiger partial charge in [-0.1, -0.05) is 6.07 Å². The van der Waals surface area contributed by atoms with Crippen LogP contribution in [0.5, 0.6) is 5.75 Å². The number of benzene rings is 1. The predicted octanol–water partition coefficient (Wildman–Crippen LogP) is 2.54. The summed E-state index contributed by atoms with van der Waals surface area (Å²) in [6.45, 7) is 0. The van der Waals surface area contributed by atoms with Crippen LogP contribution in [0.3, 0.4) is 0 Å². The van der Waals surface area contributed by atoms with Crippen molar-refractivity contribution in [3.05, 3.63) is 54.2 Å². The van der Waals surface area contributed by atoms with Gasteiger partial charge in [0.2, 0.25) is 0 Å². The van der Waals surface area contributed by atoms with Crippen molar-refractivity contribution in [2.45, 2.75) is 0 Å². The number of aromatic nitrogens is 1. The molecule has 1 aromatic heterocycles. The number of nitrogens with zero attached hydrogens (tertiary/aromatic N) is 2. The minimum absolute atomic E-state index is 0.255. The van der Waals surface area contributed by atoms with Crippen molar-refractivity contribution in [2.75, 3.05) is 0 Å². The first-order valence-corrected chi connectivity index (χ1v) is 4.59. The molecule has 1 N–H and O–H groups in total. The van der Waals surface area contributed by atoms with Crippen LogP contribution < -0.4 is 0 Å². The molecule has 15 heavy (non-hydrogen) atoms. The maximum atomic E-state index is 9.09. The van der Waals surface area contributed by atoms with Crippen molar-refractivity contribution in [2.24, 2.45) is 4.99 Å². The lowest BCUT2D eigenvalue weighted by Crippen LogP contribution is -1.79. The molecule has 0 fully saturated rings. The largest absolute Gasteiger partial charge is 0.508 e. The Labute approximate surface area is 87.8 Å². The molecule has 0 atom stereocenters. The quantitative estimate of drug-likeness (QED) is 0.753. The third kappa shape index (κ3) is 2.64. The van der Waals surface area contributed by atoms with Crippen molar-refractivity contribution in [1.82, 2.24) is 4.98 Å². The van der Waals surface area contributed by atoms with Crippen LogP contribution in [-0.4, -0.2) is 16.3 Å². The third-order valence-corrected chi connectivity index (χ3v) is 1.89. The molecule has 0 aliphatic carbocycles. The molecule has 3 heteroatoms. The Morgan fingerprint density at radius 2 is 1.87 bits per heavy atom. The minimum atomic E-state index is 0.255. The van der Waals surface area contributed by atoms with Gasteiger partial charge in [-0.25, -0.2) is 9.98 Å². The summed E-state index contributed by atoms with van der Waals surface area (Å²) in [5.41, 5.74) is 0.929. The number of rotatable bonds is 2. The van der Waals surface area contributed by atoms with Gasteiger partial charge in [0.05, 0.1) is 0 Å². The van der Waals surface area contributed by atoms with E-state index < -0.39 is 0 Å². The summed E-state index contributed by atoms with van der Waals surface area (Å²) in [7, 11) is 0. The minimum Gasteiger partial charge on any atom is -0.508 e. The molecule has 1 aromatic carbocycles. The molecule has 3 nitrogen and oxygen atoms in total. The highest BCUT2D eigenvalue weighted by atomic mass is 16.3. The number of pyridine rings is 1. The van der Waals surface area contributed by atoms with Gasteiger partial charge < -0.3 is 5.11 Å². The molecule has 1 heterocycles. The van der Waals surface area contributed by atoms with Gasteiger partial charge in [0.25, 0.3) is 0 Å². The zero-order valence-corrected chi connectivity index (χ0v) is 8.04. The molecule has 74 valence electrons. The average molecular weight is 198 g/mol. The van der Waals surface area contributed by atoms with Crippen molar-refractivity contribution in [1.29, 1.82) is 0 Å². The van der Waals surface area contributed by atoms with E-state index in [0.29, 0.717) is 5.82 Å². The Balaban J connectivity index is 2.15. The maximum absolute atomic E-state index is 9.09. The van der Waals surface area contributed by atoms with Crippen molar-refractivity contribution in [3.8, 4) is 5.75 Å². The zero-order valence-electron chi connectivity index (χ0n) is 8.04. The maximum Gasteiger partial charge on any atom is 0.151 e. The van der Waals surface area contributed by atoms with Gasteiger partial charge in [-0.05, 0) is 42.0 Å². The van der Waals surface area contributed by atoms with Crippen LogP contribution in [-0.2, 0) is 0 Å². The van der Waals surface area contributed by atoms with Crippen LogP contribution in [0.4, 0.5) is 5.82 Å². The molecule has 0 amide bonds. The van der Waals surface area contributed by atoms with Gasteiger partial charge in [0.15, 0.2) is 5.82 Å². The molecular formula is C12H10N2O. The van der Waals surface area contributed by atoms with Gasteiger partial charge >= 0.3 is 0 Å². The first-order chi connectivity index (χ1) is 7.34. The van der Waals surface area contributed by atoms with Gasteiger partial charge in [-0.3, -0.25) is 0 Å². The molecule has 0 bridgehead atoms. The van der Waals surface area contributed by atoms with Gasteiger partial charge in [-0.2, -0.15) is 0 Å². The number of aromatic hydroxyl groups is 1. The van der Waals surface area contributed by atoms with E-state index in [2.05, 4.69) is 9.98 Å². The van der Waals surface area contributed by atoms with Crippen molar-refractivity contribution in [3.63, 3.8) is 0 Å². The molecule has 0 spiro atoms. The number of phenolic OH excluding ortho intramolecular Hbond substituents is 1. The van der Waals surface area contributed by atoms with Crippen LogP contribution in [0.25, 0.3) is 0 Å². The summed E-state index contributed by atoms with van der Waals surface area (Å²) < 4.78 is 0. The Morgan fingerprint density at radius 3 is 2.53 bits per heavy atom. The fraction of sp³-hybridized carbons (Fsp3) is 0. The SMILES string of the molecule is Oc1ccc(/C=N/c2ccccn2)cc1. The number of hydrogen-bond acceptors (Lipinski definition) is 3. The average Bonchev–Trinajstić information content (AvgIpc) is 2.30. The summed E-state index contributed by atoms with van der Waals surface area (Å²) >= 11 is 0. The van der Waals surface area contributed by atoms with Gasteiger partial charge in [-0.15, -0.1) is 0 Å². The fourth-order valence-corrected chi connectivity index (χ4v) is 1.13. The van der Waals surface area contributed by atoms with Crippen LogP contribution >= 0.6 is 0 Å². The molecule has 0 radical (unpaired) electrons. The second kappa shape index (κ2) is 4.37. The smallest absolute Gasteiger partial charge is 0.151 e. The summed E-state index contributed by atoms with van der Waals surface area (Å²) in [5.74, 6) is 0.926. The molecule has 0 unspecified atom stereocenters. The molecule has 0 saturated carbocycles. The Bertz CT molecular complexity index is 449. The summed E-state index contributed by atoms with van der Waals surface area (Å²) in [6.07, 6.45) is 3.41. The molecule has 0 aliphatic heterocycles. The van der Waals surface area contributed by atoms with E-state index in [1.807, 2.05) is 18.2 Å². The Hall–Kier alpha value is -2.16. The lowest BCUT2D eigenvalue weighted by molar-refractivity contribution is 0.475. The van der Waals surface area contributed by atoms with E-state index in [1.165, 1.54) is 0 Å². The lowest BCUT2D eigenvalue weighted by atomic mass is 10.2. The molecular weight excluding hydrogens is 188 g/mol. The normalized spacial score (nSPS) is 10.7. The van der Waals surface area contributed by atoms with Crippen LogP contribution in [0.15, 0.2) is 53.7 Å². The van der Waals surface area contributed by atoms with E-state index in [0.717, 1.165) is 5.56 Å². The number of aliphatic imine (C=N–C) groups is 1. The number of hydrogen-bond donors (Lipinski definition) is 1. The Morgan fingerprint density at radius 1 is 1.07 bits per heavy atom. The van der Waals surface area contributed by atoms with E-state index in [-0.39, 0.29) is 5.75 Å². The van der Waals surface area contributed by atoms with E-state index >= 15 is 0 Å². The van der Waals surface area contributed by atoms with E-state index in [4.69, 9.17) is 5.11 Å². The monoisotopic (exact) mass is 198 g/mol. The van der Waals surface area contributed by atoms with Gasteiger partial charge in [0.1, 0.15) is 5.75 Å². The standard InChI is InChI=1S/C12H10N2O/c15-11-6-4-10(5-7-11)9-14-12-3-1-2-8-13-12/h1-9,15H/b14-9+. The van der Waals surface area contributed by atoms with E-state index in [1.54, 1.807) is 36.7 Å². The van der Waals surface area contributed by atoms with Crippen LogP contribution in [0.1, 0.15) is 5.56 Å². The second-order valence-electron chi connectivity index (χ2n) is 3.04. The topological polar surface area (TPSA) is 45.5 Å². The van der Waals surface area contributed by atoms with Crippen molar-refractivity contribution >= 4 is 12.0 Å². The predicted molar refractivity (Wildman–Crippen MR) is 59.6 cm³/mol. The van der Waals surface area contributed by atoms with Crippen LogP contribution in [0.2, 0.25) is 0 Å². The molecule has 0 aliphatic rings. The first kappa shape index (κ1) is 9.40. The highest BCUT2D eigenvalue weighted by Crippen LogP contribution is 2.09. The number of phenols is 1. The third-order valence-electron chi connectivity index (χ3n) is 1.89. The summed E-state index contributed by atoms with van der Waals surface area (Å²) in [6, 6.07) is 12.4. The van der Waals surface area contributed by atoms with Crippen molar-refractivity contribution < 1.29 is 5.11 Å². The Kier molecular flexibility index (Phi) is 2.74. The first-order valence-electron chi connectivity index (χ1n) is 4.59. The molecule has 2 aromatic rings. The van der Waals surface area contributed by atoms with E-state index in [9.17, 15) is 0 Å². The summed E-state index contributed by atoms with van der Waals surface area (Å²) in [5, 5.41) is 9.09. The molecule has 2 rings (SSSR count). The van der Waals surface area contributed by atoms with Gasteiger partial charge in [0, 0.05) is 12.4 Å². The lowest BCUT2D eigenvalue weighted by Gasteiger charge is -1.93. The zero-order chi connectivity index (χ0) is 10.5. The second-order valence-corrected chi connectivity index (χ2v) is 3.04. The van der Waals surface area contributed by atoms with Crippen LogP contribution in [0, 0.1) is 0 Å². The summed E-state index contributed by atoms with van der Waals surface area (Å²) in [4.78, 5) is 8.25. The highest BCUT2D eigenvalue weighted by molar-refractivity contribution is 5.81.